The number of ether oxygens (including phenoxy) is 1. The van der Waals surface area contributed by atoms with Gasteiger partial charge in [-0.25, -0.2) is 0 Å². The van der Waals surface area contributed by atoms with Gasteiger partial charge in [-0.3, -0.25) is 4.79 Å². The maximum atomic E-state index is 11.6. The second kappa shape index (κ2) is 13.1. The predicted molar refractivity (Wildman–Crippen MR) is 87.9 cm³/mol. The zero-order chi connectivity index (χ0) is 15.2. The number of unbranched alkanes of at least 4 members (excludes halogenated alkanes) is 10. The van der Waals surface area contributed by atoms with Gasteiger partial charge in [-0.05, 0) is 6.42 Å². The Labute approximate surface area is 131 Å². The Balaban J connectivity index is 1.76. The maximum absolute atomic E-state index is 11.6. The summed E-state index contributed by atoms with van der Waals surface area (Å²) in [5.41, 5.74) is 0. The van der Waals surface area contributed by atoms with E-state index in [0.29, 0.717) is 6.42 Å². The molecule has 21 heavy (non-hydrogen) atoms. The molecular formula is C18H34NO2. The zero-order valence-corrected chi connectivity index (χ0v) is 13.9. The first-order valence-electron chi connectivity index (χ1n) is 9.07. The van der Waals surface area contributed by atoms with E-state index in [1.165, 1.54) is 64.2 Å². The molecule has 1 aliphatic heterocycles. The molecule has 1 aliphatic rings. The van der Waals surface area contributed by atoms with Crippen molar-refractivity contribution in [2.24, 2.45) is 0 Å². The zero-order valence-electron chi connectivity index (χ0n) is 13.9. The van der Waals surface area contributed by atoms with Gasteiger partial charge in [0.2, 0.25) is 0 Å². The SMILES string of the molecule is CCCCCCCCCCCCCC(=O)OC1C[CH]NC1. The highest BCUT2D eigenvalue weighted by molar-refractivity contribution is 5.69. The number of carbonyl (C=O) groups is 1. The second-order valence-corrected chi connectivity index (χ2v) is 6.25. The molecule has 123 valence electrons. The average molecular weight is 296 g/mol. The molecule has 0 bridgehead atoms. The lowest BCUT2D eigenvalue weighted by molar-refractivity contribution is -0.148. The van der Waals surface area contributed by atoms with Gasteiger partial charge in [-0.1, -0.05) is 71.1 Å². The Hall–Kier alpha value is -0.570. The Kier molecular flexibility index (Phi) is 11.5. The topological polar surface area (TPSA) is 38.3 Å². The highest BCUT2D eigenvalue weighted by atomic mass is 16.5. The van der Waals surface area contributed by atoms with Gasteiger partial charge in [0.05, 0.1) is 0 Å². The number of hydrogen-bond acceptors (Lipinski definition) is 3. The van der Waals surface area contributed by atoms with Crippen LogP contribution in [-0.4, -0.2) is 18.6 Å². The molecule has 1 rings (SSSR count). The average Bonchev–Trinajstić information content (AvgIpc) is 2.97. The number of hydrogen-bond donors (Lipinski definition) is 1. The molecule has 1 atom stereocenters. The van der Waals surface area contributed by atoms with Gasteiger partial charge in [0.25, 0.3) is 0 Å². The number of carbonyl (C=O) groups excluding carboxylic acids is 1. The Morgan fingerprint density at radius 2 is 1.57 bits per heavy atom. The Morgan fingerprint density at radius 3 is 2.10 bits per heavy atom. The molecule has 0 aliphatic carbocycles. The van der Waals surface area contributed by atoms with E-state index in [1.54, 1.807) is 0 Å². The molecule has 3 nitrogen and oxygen atoms in total. The predicted octanol–water partition coefficient (Wildman–Crippen LogP) is 4.75. The molecule has 1 radical (unpaired) electrons. The molecular weight excluding hydrogens is 262 g/mol. The van der Waals surface area contributed by atoms with Gasteiger partial charge in [0.15, 0.2) is 0 Å². The standard InChI is InChI=1S/C18H34NO2/c1-2-3-4-5-6-7-8-9-10-11-12-13-18(20)21-17-14-15-19-16-17/h15,17,19H,2-14,16H2,1H3. The van der Waals surface area contributed by atoms with Crippen molar-refractivity contribution in [3.05, 3.63) is 6.54 Å². The Bertz CT molecular complexity index is 250. The van der Waals surface area contributed by atoms with E-state index in [4.69, 9.17) is 4.74 Å². The summed E-state index contributed by atoms with van der Waals surface area (Å²) in [5, 5.41) is 3.09. The fourth-order valence-electron chi connectivity index (χ4n) is 2.78. The van der Waals surface area contributed by atoms with Crippen LogP contribution in [-0.2, 0) is 9.53 Å². The molecule has 3 heteroatoms. The molecule has 0 aromatic heterocycles. The third kappa shape index (κ3) is 10.8. The van der Waals surface area contributed by atoms with Crippen LogP contribution in [0, 0.1) is 6.54 Å². The van der Waals surface area contributed by atoms with E-state index in [9.17, 15) is 4.79 Å². The second-order valence-electron chi connectivity index (χ2n) is 6.25. The summed E-state index contributed by atoms with van der Waals surface area (Å²) >= 11 is 0. The molecule has 0 aromatic rings. The highest BCUT2D eigenvalue weighted by Crippen LogP contribution is 2.13. The molecule has 1 N–H and O–H groups in total. The third-order valence-electron chi connectivity index (χ3n) is 4.15. The molecule has 1 fully saturated rings. The minimum Gasteiger partial charge on any atom is -0.461 e. The van der Waals surface area contributed by atoms with Crippen LogP contribution in [0.1, 0.15) is 90.4 Å². The summed E-state index contributed by atoms with van der Waals surface area (Å²) in [6.45, 7) is 5.02. The normalized spacial score (nSPS) is 18.0. The van der Waals surface area contributed by atoms with Crippen molar-refractivity contribution < 1.29 is 9.53 Å². The van der Waals surface area contributed by atoms with Gasteiger partial charge in [0.1, 0.15) is 6.10 Å². The van der Waals surface area contributed by atoms with Crippen LogP contribution in [0.5, 0.6) is 0 Å². The smallest absolute Gasteiger partial charge is 0.306 e. The monoisotopic (exact) mass is 296 g/mol. The van der Waals surface area contributed by atoms with Crippen LogP contribution < -0.4 is 5.32 Å². The van der Waals surface area contributed by atoms with Gasteiger partial charge in [-0.15, -0.1) is 0 Å². The first kappa shape index (κ1) is 18.5. The lowest BCUT2D eigenvalue weighted by Crippen LogP contribution is -2.20. The number of esters is 1. The molecule has 0 spiro atoms. The molecule has 1 saturated heterocycles. The van der Waals surface area contributed by atoms with Gasteiger partial charge in [0, 0.05) is 25.9 Å². The summed E-state index contributed by atoms with van der Waals surface area (Å²) in [6, 6.07) is 0. The van der Waals surface area contributed by atoms with Crippen molar-refractivity contribution in [2.75, 3.05) is 6.54 Å². The highest BCUT2D eigenvalue weighted by Gasteiger charge is 2.18. The summed E-state index contributed by atoms with van der Waals surface area (Å²) in [5.74, 6) is -0.0203. The van der Waals surface area contributed by atoms with Gasteiger partial charge in [-0.2, -0.15) is 0 Å². The fourth-order valence-corrected chi connectivity index (χ4v) is 2.78. The quantitative estimate of drug-likeness (QED) is 0.393. The summed E-state index contributed by atoms with van der Waals surface area (Å²) < 4.78 is 5.37. The van der Waals surface area contributed by atoms with Crippen LogP contribution >= 0.6 is 0 Å². The third-order valence-corrected chi connectivity index (χ3v) is 4.15. The molecule has 1 heterocycles. The van der Waals surface area contributed by atoms with Crippen LogP contribution in [0.3, 0.4) is 0 Å². The van der Waals surface area contributed by atoms with Crippen molar-refractivity contribution in [3.8, 4) is 0 Å². The van der Waals surface area contributed by atoms with Crippen molar-refractivity contribution in [3.63, 3.8) is 0 Å². The van der Waals surface area contributed by atoms with Crippen molar-refractivity contribution >= 4 is 5.97 Å². The summed E-state index contributed by atoms with van der Waals surface area (Å²) in [6.07, 6.45) is 16.0. The van der Waals surface area contributed by atoms with Crippen LogP contribution in [0.25, 0.3) is 0 Å². The molecule has 0 aromatic carbocycles. The maximum Gasteiger partial charge on any atom is 0.306 e. The van der Waals surface area contributed by atoms with Gasteiger partial charge < -0.3 is 10.1 Å². The largest absolute Gasteiger partial charge is 0.461 e. The summed E-state index contributed by atoms with van der Waals surface area (Å²) in [4.78, 5) is 11.6. The Morgan fingerprint density at radius 1 is 1.00 bits per heavy atom. The van der Waals surface area contributed by atoms with E-state index in [-0.39, 0.29) is 12.1 Å². The first-order valence-corrected chi connectivity index (χ1v) is 9.07. The number of nitrogens with one attached hydrogen (secondary N) is 1. The lowest BCUT2D eigenvalue weighted by Gasteiger charge is -2.10. The van der Waals surface area contributed by atoms with Crippen LogP contribution in [0.2, 0.25) is 0 Å². The van der Waals surface area contributed by atoms with E-state index < -0.39 is 0 Å². The molecule has 1 unspecified atom stereocenters. The molecule has 0 saturated carbocycles. The van der Waals surface area contributed by atoms with Crippen LogP contribution in [0.4, 0.5) is 0 Å². The summed E-state index contributed by atoms with van der Waals surface area (Å²) in [7, 11) is 0. The molecule has 0 amide bonds. The number of rotatable bonds is 13. The first-order chi connectivity index (χ1) is 10.3. The lowest BCUT2D eigenvalue weighted by atomic mass is 10.1. The van der Waals surface area contributed by atoms with Crippen molar-refractivity contribution in [1.82, 2.24) is 5.32 Å². The minimum atomic E-state index is -0.0203. The minimum absolute atomic E-state index is 0.0203. The van der Waals surface area contributed by atoms with E-state index in [1.807, 2.05) is 6.54 Å². The fraction of sp³-hybridized carbons (Fsp3) is 0.889. The van der Waals surface area contributed by atoms with Gasteiger partial charge >= 0.3 is 5.97 Å². The van der Waals surface area contributed by atoms with Crippen molar-refractivity contribution in [2.45, 2.75) is 96.5 Å². The van der Waals surface area contributed by atoms with Crippen molar-refractivity contribution in [1.29, 1.82) is 0 Å². The van der Waals surface area contributed by atoms with Crippen LogP contribution in [0.15, 0.2) is 0 Å². The van der Waals surface area contributed by atoms with E-state index in [0.717, 1.165) is 19.4 Å². The van der Waals surface area contributed by atoms with E-state index in [2.05, 4.69) is 12.2 Å². The van der Waals surface area contributed by atoms with E-state index >= 15 is 0 Å².